The quantitative estimate of drug-likeness (QED) is 0.694. The van der Waals surface area contributed by atoms with Crippen LogP contribution in [-0.2, 0) is 24.2 Å². The zero-order valence-corrected chi connectivity index (χ0v) is 18.2. The van der Waals surface area contributed by atoms with E-state index in [0.717, 1.165) is 25.3 Å². The molecule has 0 spiro atoms. The highest BCUT2D eigenvalue weighted by molar-refractivity contribution is 5.82. The van der Waals surface area contributed by atoms with Crippen LogP contribution in [0.25, 0.3) is 0 Å². The molecule has 0 radical (unpaired) electrons. The summed E-state index contributed by atoms with van der Waals surface area (Å²) >= 11 is 0. The average molecular weight is 380 g/mol. The molecule has 2 aromatic rings. The number of anilines is 1. The second-order valence-electron chi connectivity index (χ2n) is 9.32. The Morgan fingerprint density at radius 3 is 2.36 bits per heavy atom. The number of rotatable bonds is 5. The van der Waals surface area contributed by atoms with Crippen LogP contribution in [0.4, 0.5) is 5.69 Å². The van der Waals surface area contributed by atoms with E-state index in [1.165, 1.54) is 33.5 Å². The summed E-state index contributed by atoms with van der Waals surface area (Å²) in [5.41, 5.74) is 7.68. The van der Waals surface area contributed by atoms with E-state index >= 15 is 0 Å². The maximum atomic E-state index is 12.5. The minimum absolute atomic E-state index is 0.0444. The van der Waals surface area contributed by atoms with Crippen LogP contribution in [0.2, 0.25) is 0 Å². The summed E-state index contributed by atoms with van der Waals surface area (Å²) in [6, 6.07) is 10.9. The number of methoxy groups -OCH3 is 1. The minimum atomic E-state index is 0.0444. The fourth-order valence-corrected chi connectivity index (χ4v) is 4.16. The van der Waals surface area contributed by atoms with Gasteiger partial charge >= 0.3 is 0 Å². The van der Waals surface area contributed by atoms with Crippen molar-refractivity contribution in [3.8, 4) is 5.75 Å². The van der Waals surface area contributed by atoms with Crippen molar-refractivity contribution in [3.05, 3.63) is 58.1 Å². The van der Waals surface area contributed by atoms with Crippen molar-refractivity contribution >= 4 is 11.5 Å². The van der Waals surface area contributed by atoms with Crippen LogP contribution in [0.5, 0.6) is 5.75 Å². The van der Waals surface area contributed by atoms with Gasteiger partial charge in [-0.2, -0.15) is 0 Å². The van der Waals surface area contributed by atoms with Crippen molar-refractivity contribution < 1.29 is 9.53 Å². The number of carbonyl (C=O) groups excluding carboxylic acids is 1. The molecule has 0 aliphatic carbocycles. The lowest BCUT2D eigenvalue weighted by Crippen LogP contribution is -2.30. The topological polar surface area (TPSA) is 29.5 Å². The number of benzene rings is 2. The number of fused-ring (bicyclic) bond motifs is 1. The first-order valence-corrected chi connectivity index (χ1v) is 10.2. The average Bonchev–Trinajstić information content (AvgIpc) is 2.62. The van der Waals surface area contributed by atoms with Crippen molar-refractivity contribution in [2.75, 3.05) is 18.6 Å². The van der Waals surface area contributed by atoms with E-state index in [0.29, 0.717) is 18.6 Å². The summed E-state index contributed by atoms with van der Waals surface area (Å²) in [5, 5.41) is 0. The summed E-state index contributed by atoms with van der Waals surface area (Å²) in [5.74, 6) is 1.26. The molecule has 150 valence electrons. The molecule has 0 fully saturated rings. The maximum Gasteiger partial charge on any atom is 0.137 e. The number of ether oxygens (including phenoxy) is 1. The van der Waals surface area contributed by atoms with Gasteiger partial charge in [0.15, 0.2) is 0 Å². The van der Waals surface area contributed by atoms with E-state index in [-0.39, 0.29) is 5.41 Å². The van der Waals surface area contributed by atoms with E-state index in [9.17, 15) is 4.79 Å². The fraction of sp³-hybridized carbons (Fsp3) is 0.480. The van der Waals surface area contributed by atoms with Crippen molar-refractivity contribution in [2.24, 2.45) is 5.41 Å². The highest BCUT2D eigenvalue weighted by Crippen LogP contribution is 2.30. The van der Waals surface area contributed by atoms with E-state index in [1.807, 2.05) is 6.07 Å². The molecule has 3 heteroatoms. The minimum Gasteiger partial charge on any atom is -0.497 e. The van der Waals surface area contributed by atoms with E-state index in [4.69, 9.17) is 4.74 Å². The largest absolute Gasteiger partial charge is 0.497 e. The SMILES string of the molecule is COc1ccc2c(c1)CCN(c1cc(C)c(CC(=O)CC(C)(C)C)c(C)c1)C2. The lowest BCUT2D eigenvalue weighted by atomic mass is 9.86. The second kappa shape index (κ2) is 7.98. The Hall–Kier alpha value is -2.29. The molecule has 0 N–H and O–H groups in total. The third-order valence-corrected chi connectivity index (χ3v) is 5.57. The van der Waals surface area contributed by atoms with E-state index < -0.39 is 0 Å². The van der Waals surface area contributed by atoms with Crippen LogP contribution < -0.4 is 9.64 Å². The highest BCUT2D eigenvalue weighted by atomic mass is 16.5. The molecule has 28 heavy (non-hydrogen) atoms. The number of hydrogen-bond donors (Lipinski definition) is 0. The first-order chi connectivity index (χ1) is 13.2. The standard InChI is InChI=1S/C25H33NO2/c1-17-11-21(12-18(2)24(17)14-22(27)15-25(3,4)5)26-10-9-19-13-23(28-6)8-7-20(19)16-26/h7-8,11-13H,9-10,14-16H2,1-6H3. The molecule has 1 aliphatic rings. The van der Waals surface area contributed by atoms with E-state index in [1.54, 1.807) is 7.11 Å². The molecule has 0 saturated heterocycles. The van der Waals surface area contributed by atoms with Crippen LogP contribution in [-0.4, -0.2) is 19.4 Å². The molecule has 0 unspecified atom stereocenters. The zero-order chi connectivity index (χ0) is 20.5. The summed E-state index contributed by atoms with van der Waals surface area (Å²) in [7, 11) is 1.72. The molecular formula is C25H33NO2. The molecule has 0 atom stereocenters. The van der Waals surface area contributed by atoms with Gasteiger partial charge < -0.3 is 9.64 Å². The maximum absolute atomic E-state index is 12.5. The Morgan fingerprint density at radius 2 is 1.75 bits per heavy atom. The number of Topliss-reactive ketones (excluding diaryl/α,β-unsaturated/α-hetero) is 1. The van der Waals surface area contributed by atoms with Crippen LogP contribution in [0.3, 0.4) is 0 Å². The highest BCUT2D eigenvalue weighted by Gasteiger charge is 2.20. The molecule has 0 aromatic heterocycles. The number of hydrogen-bond acceptors (Lipinski definition) is 3. The smallest absolute Gasteiger partial charge is 0.137 e. The first-order valence-electron chi connectivity index (χ1n) is 10.2. The molecule has 1 heterocycles. The fourth-order valence-electron chi connectivity index (χ4n) is 4.16. The Balaban J connectivity index is 1.78. The van der Waals surface area contributed by atoms with Gasteiger partial charge in [0.2, 0.25) is 0 Å². The Kier molecular flexibility index (Phi) is 5.83. The Bertz CT molecular complexity index is 854. The summed E-state index contributed by atoms with van der Waals surface area (Å²) in [6.07, 6.45) is 2.19. The second-order valence-corrected chi connectivity index (χ2v) is 9.32. The van der Waals surface area contributed by atoms with Gasteiger partial charge in [-0.05, 0) is 77.8 Å². The van der Waals surface area contributed by atoms with Gasteiger partial charge in [0, 0.05) is 31.6 Å². The van der Waals surface area contributed by atoms with Crippen molar-refractivity contribution in [3.63, 3.8) is 0 Å². The van der Waals surface area contributed by atoms with Crippen LogP contribution >= 0.6 is 0 Å². The lowest BCUT2D eigenvalue weighted by molar-refractivity contribution is -0.120. The molecule has 0 bridgehead atoms. The Labute approximate surface area is 169 Å². The van der Waals surface area contributed by atoms with Crippen LogP contribution in [0, 0.1) is 19.3 Å². The van der Waals surface area contributed by atoms with E-state index in [2.05, 4.69) is 63.8 Å². The zero-order valence-electron chi connectivity index (χ0n) is 18.2. The van der Waals surface area contributed by atoms with Gasteiger partial charge in [-0.3, -0.25) is 4.79 Å². The predicted octanol–water partition coefficient (Wildman–Crippen LogP) is 5.42. The Morgan fingerprint density at radius 1 is 1.07 bits per heavy atom. The van der Waals surface area contributed by atoms with Crippen molar-refractivity contribution in [2.45, 2.75) is 60.4 Å². The third kappa shape index (κ3) is 4.76. The molecule has 1 aliphatic heterocycles. The molecule has 2 aromatic carbocycles. The summed E-state index contributed by atoms with van der Waals surface area (Å²) in [4.78, 5) is 14.9. The van der Waals surface area contributed by atoms with Crippen LogP contribution in [0.15, 0.2) is 30.3 Å². The van der Waals surface area contributed by atoms with Gasteiger partial charge in [0.25, 0.3) is 0 Å². The predicted molar refractivity (Wildman–Crippen MR) is 116 cm³/mol. The third-order valence-electron chi connectivity index (χ3n) is 5.57. The van der Waals surface area contributed by atoms with Gasteiger partial charge in [-0.1, -0.05) is 26.8 Å². The summed E-state index contributed by atoms with van der Waals surface area (Å²) < 4.78 is 5.36. The number of carbonyl (C=O) groups is 1. The van der Waals surface area contributed by atoms with Crippen LogP contribution in [0.1, 0.15) is 55.0 Å². The number of aryl methyl sites for hydroxylation is 2. The summed E-state index contributed by atoms with van der Waals surface area (Å²) in [6.45, 7) is 12.6. The molecule has 3 rings (SSSR count). The van der Waals surface area contributed by atoms with Gasteiger partial charge in [-0.15, -0.1) is 0 Å². The first kappa shape index (κ1) is 20.4. The molecule has 3 nitrogen and oxygen atoms in total. The monoisotopic (exact) mass is 379 g/mol. The normalized spacial score (nSPS) is 14.0. The number of nitrogens with zero attached hydrogens (tertiary/aromatic N) is 1. The van der Waals surface area contributed by atoms with Gasteiger partial charge in [-0.25, -0.2) is 0 Å². The van der Waals surface area contributed by atoms with Gasteiger partial charge in [0.05, 0.1) is 7.11 Å². The van der Waals surface area contributed by atoms with Crippen molar-refractivity contribution in [1.29, 1.82) is 0 Å². The number of ketones is 1. The molecular weight excluding hydrogens is 346 g/mol. The van der Waals surface area contributed by atoms with Gasteiger partial charge in [0.1, 0.15) is 11.5 Å². The van der Waals surface area contributed by atoms with Crippen molar-refractivity contribution in [1.82, 2.24) is 0 Å². The lowest BCUT2D eigenvalue weighted by Gasteiger charge is -2.32. The molecule has 0 saturated carbocycles. The molecule has 0 amide bonds.